The van der Waals surface area contributed by atoms with E-state index >= 15 is 0 Å². The summed E-state index contributed by atoms with van der Waals surface area (Å²) in [5.74, 6) is 0.888. The van der Waals surface area contributed by atoms with Gasteiger partial charge >= 0.3 is 0 Å². The van der Waals surface area contributed by atoms with Crippen LogP contribution in [0.1, 0.15) is 37.7 Å². The van der Waals surface area contributed by atoms with Crippen LogP contribution >= 0.6 is 0 Å². The van der Waals surface area contributed by atoms with E-state index in [9.17, 15) is 4.79 Å². The zero-order valence-electron chi connectivity index (χ0n) is 15.1. The molecule has 7 heteroatoms. The van der Waals surface area contributed by atoms with Gasteiger partial charge in [0.25, 0.3) is 0 Å². The maximum atomic E-state index is 12.3. The van der Waals surface area contributed by atoms with Crippen LogP contribution in [0.2, 0.25) is 0 Å². The normalized spacial score (nSPS) is 24.9. The molecule has 1 saturated heterocycles. The van der Waals surface area contributed by atoms with Crippen molar-refractivity contribution in [2.24, 2.45) is 0 Å². The van der Waals surface area contributed by atoms with Crippen molar-refractivity contribution in [2.75, 3.05) is 25.0 Å². The fourth-order valence-corrected chi connectivity index (χ4v) is 3.88. The molecule has 0 aromatic carbocycles. The second-order valence-electron chi connectivity index (χ2n) is 7.05. The van der Waals surface area contributed by atoms with Crippen LogP contribution in [0, 0.1) is 22.7 Å². The van der Waals surface area contributed by atoms with Crippen molar-refractivity contribution in [3.05, 3.63) is 23.9 Å². The lowest BCUT2D eigenvalue weighted by molar-refractivity contribution is -0.130. The number of likely N-dealkylation sites (tertiary alicyclic amines) is 1. The van der Waals surface area contributed by atoms with E-state index in [1.807, 2.05) is 13.1 Å². The highest BCUT2D eigenvalue weighted by atomic mass is 16.2. The first-order valence-electron chi connectivity index (χ1n) is 9.14. The average Bonchev–Trinajstić information content (AvgIpc) is 3.34. The van der Waals surface area contributed by atoms with E-state index < -0.39 is 0 Å². The number of hydrogen-bond acceptors (Lipinski definition) is 6. The summed E-state index contributed by atoms with van der Waals surface area (Å²) in [5.41, 5.74) is 0.559. The lowest BCUT2D eigenvalue weighted by Crippen LogP contribution is -2.43. The van der Waals surface area contributed by atoms with Crippen LogP contribution in [0.5, 0.6) is 0 Å². The third kappa shape index (κ3) is 3.95. The van der Waals surface area contributed by atoms with Gasteiger partial charge < -0.3 is 15.1 Å². The molecule has 2 aliphatic rings. The number of carbonyl (C=O) groups excluding carboxylic acids is 1. The predicted octanol–water partition coefficient (Wildman–Crippen LogP) is 1.41. The molecule has 0 unspecified atom stereocenters. The third-order valence-electron chi connectivity index (χ3n) is 5.46. The minimum Gasteiger partial charge on any atom is -0.357 e. The molecule has 0 spiro atoms. The highest BCUT2D eigenvalue weighted by molar-refractivity contribution is 5.79. The number of nitrogens with one attached hydrogen (secondary N) is 1. The maximum absolute atomic E-state index is 12.3. The minimum absolute atomic E-state index is 0.0274. The Morgan fingerprint density at radius 2 is 2.23 bits per heavy atom. The average molecular weight is 352 g/mol. The quantitative estimate of drug-likeness (QED) is 0.861. The molecule has 2 heterocycles. The van der Waals surface area contributed by atoms with Gasteiger partial charge in [-0.05, 0) is 44.2 Å². The summed E-state index contributed by atoms with van der Waals surface area (Å²) in [5, 5.41) is 21.3. The van der Waals surface area contributed by atoms with E-state index in [2.05, 4.69) is 27.3 Å². The number of rotatable bonds is 5. The van der Waals surface area contributed by atoms with Crippen LogP contribution < -0.4 is 10.2 Å². The molecule has 3 rings (SSSR count). The van der Waals surface area contributed by atoms with Crippen LogP contribution in [-0.2, 0) is 4.79 Å². The van der Waals surface area contributed by atoms with Crippen LogP contribution in [0.4, 0.5) is 5.82 Å². The van der Waals surface area contributed by atoms with E-state index in [1.165, 1.54) is 0 Å². The summed E-state index contributed by atoms with van der Waals surface area (Å²) in [7, 11) is 2.02. The lowest BCUT2D eigenvalue weighted by atomic mass is 10.2. The molecule has 1 N–H and O–H groups in total. The van der Waals surface area contributed by atoms with Gasteiger partial charge in [0.15, 0.2) is 0 Å². The van der Waals surface area contributed by atoms with Gasteiger partial charge in [0.1, 0.15) is 17.9 Å². The predicted molar refractivity (Wildman–Crippen MR) is 97.1 cm³/mol. The number of aromatic nitrogens is 1. The van der Waals surface area contributed by atoms with Gasteiger partial charge in [0.2, 0.25) is 5.91 Å². The number of carbonyl (C=O) groups is 1. The smallest absolute Gasteiger partial charge is 0.237 e. The Balaban J connectivity index is 1.48. The van der Waals surface area contributed by atoms with Gasteiger partial charge in [-0.3, -0.25) is 4.79 Å². The van der Waals surface area contributed by atoms with Gasteiger partial charge in [-0.2, -0.15) is 10.5 Å². The number of nitrogens with zero attached hydrogens (tertiary/aromatic N) is 5. The summed E-state index contributed by atoms with van der Waals surface area (Å²) in [6.07, 6.45) is 6.30. The molecule has 136 valence electrons. The minimum atomic E-state index is -0.255. The van der Waals surface area contributed by atoms with Crippen molar-refractivity contribution in [3.63, 3.8) is 0 Å². The molecule has 7 nitrogen and oxygen atoms in total. The standard InChI is InChI=1S/C19H24N6O/c1-24(18-7-4-14(10-20)12-23-18)16-6-5-15(9-16)22-13-19(26)25-8-2-3-17(25)11-21/h4,7,12,15-17,22H,2-3,5-6,8-9,13H2,1H3/t15-,16+,17+/m1/s1. The first-order chi connectivity index (χ1) is 12.6. The van der Waals surface area contributed by atoms with Crippen molar-refractivity contribution in [1.29, 1.82) is 10.5 Å². The molecular weight excluding hydrogens is 328 g/mol. The molecular formula is C19H24N6O. The van der Waals surface area contributed by atoms with E-state index in [-0.39, 0.29) is 11.9 Å². The Morgan fingerprint density at radius 3 is 2.92 bits per heavy atom. The van der Waals surface area contributed by atoms with Gasteiger partial charge in [0.05, 0.1) is 18.2 Å². The second kappa shape index (κ2) is 8.16. The summed E-state index contributed by atoms with van der Waals surface area (Å²) < 4.78 is 0. The van der Waals surface area contributed by atoms with Crippen molar-refractivity contribution in [1.82, 2.24) is 15.2 Å². The fourth-order valence-electron chi connectivity index (χ4n) is 3.88. The molecule has 1 amide bonds. The summed E-state index contributed by atoms with van der Waals surface area (Å²) in [6.45, 7) is 0.994. The Kier molecular flexibility index (Phi) is 5.70. The zero-order chi connectivity index (χ0) is 18.5. The Hall–Kier alpha value is -2.64. The summed E-state index contributed by atoms with van der Waals surface area (Å²) in [6, 6.07) is 8.36. The highest BCUT2D eigenvalue weighted by Crippen LogP contribution is 2.26. The van der Waals surface area contributed by atoms with E-state index in [0.29, 0.717) is 30.7 Å². The number of amides is 1. The molecule has 26 heavy (non-hydrogen) atoms. The number of anilines is 1. The molecule has 2 fully saturated rings. The van der Waals surface area contributed by atoms with Gasteiger partial charge in [-0.25, -0.2) is 4.98 Å². The molecule has 0 radical (unpaired) electrons. The van der Waals surface area contributed by atoms with Crippen molar-refractivity contribution in [3.8, 4) is 12.1 Å². The topological polar surface area (TPSA) is 96.1 Å². The fraction of sp³-hybridized carbons (Fsp3) is 0.579. The first-order valence-corrected chi connectivity index (χ1v) is 9.14. The number of pyridine rings is 1. The third-order valence-corrected chi connectivity index (χ3v) is 5.46. The largest absolute Gasteiger partial charge is 0.357 e. The second-order valence-corrected chi connectivity index (χ2v) is 7.05. The van der Waals surface area contributed by atoms with E-state index in [4.69, 9.17) is 10.5 Å². The Labute approximate surface area is 154 Å². The number of hydrogen-bond donors (Lipinski definition) is 1. The van der Waals surface area contributed by atoms with E-state index in [1.54, 1.807) is 17.2 Å². The van der Waals surface area contributed by atoms with Gasteiger partial charge in [-0.15, -0.1) is 0 Å². The molecule has 1 aromatic rings. The van der Waals surface area contributed by atoms with Gasteiger partial charge in [-0.1, -0.05) is 0 Å². The highest BCUT2D eigenvalue weighted by Gasteiger charge is 2.31. The van der Waals surface area contributed by atoms with Crippen molar-refractivity contribution in [2.45, 2.75) is 50.2 Å². The SMILES string of the molecule is CN(c1ccc(C#N)cn1)[C@H]1CC[C@@H](NCC(=O)N2CCC[C@H]2C#N)C1. The zero-order valence-corrected chi connectivity index (χ0v) is 15.1. The van der Waals surface area contributed by atoms with Crippen LogP contribution in [0.25, 0.3) is 0 Å². The van der Waals surface area contributed by atoms with Crippen molar-refractivity contribution >= 4 is 11.7 Å². The van der Waals surface area contributed by atoms with Gasteiger partial charge in [0, 0.05) is 31.9 Å². The lowest BCUT2D eigenvalue weighted by Gasteiger charge is -2.26. The van der Waals surface area contributed by atoms with Crippen LogP contribution in [0.15, 0.2) is 18.3 Å². The van der Waals surface area contributed by atoms with E-state index in [0.717, 1.165) is 37.9 Å². The molecule has 1 aliphatic carbocycles. The summed E-state index contributed by atoms with van der Waals surface area (Å²) >= 11 is 0. The van der Waals surface area contributed by atoms with Crippen molar-refractivity contribution < 1.29 is 4.79 Å². The molecule has 1 saturated carbocycles. The summed E-state index contributed by atoms with van der Waals surface area (Å²) in [4.78, 5) is 20.5. The maximum Gasteiger partial charge on any atom is 0.237 e. The monoisotopic (exact) mass is 352 g/mol. The Morgan fingerprint density at radius 1 is 1.38 bits per heavy atom. The first kappa shape index (κ1) is 18.2. The number of nitriles is 2. The molecule has 1 aliphatic heterocycles. The molecule has 1 aromatic heterocycles. The molecule has 0 bridgehead atoms. The Bertz CT molecular complexity index is 719. The van der Waals surface area contributed by atoms with Crippen LogP contribution in [-0.4, -0.2) is 54.1 Å². The molecule has 3 atom stereocenters. The van der Waals surface area contributed by atoms with Crippen LogP contribution in [0.3, 0.4) is 0 Å².